The Kier molecular flexibility index (Phi) is 5.90. The van der Waals surface area contributed by atoms with Crippen molar-refractivity contribution in [2.45, 2.75) is 30.1 Å². The average Bonchev–Trinajstić information content (AvgIpc) is 3.30. The molecule has 1 N–H and O–H groups in total. The highest BCUT2D eigenvalue weighted by Crippen LogP contribution is 2.32. The molecule has 1 aromatic heterocycles. The molecule has 2 heterocycles. The van der Waals surface area contributed by atoms with Crippen molar-refractivity contribution in [1.82, 2.24) is 4.31 Å². The van der Waals surface area contributed by atoms with E-state index in [0.29, 0.717) is 24.5 Å². The van der Waals surface area contributed by atoms with Crippen LogP contribution in [0.3, 0.4) is 0 Å². The number of anilines is 1. The standard InChI is InChI=1S/C22H22N2O4S2/c1-2-28-20-11-6-5-10-18(20)23-22(25)19-14-16-8-3-4-9-17(16)15-24(19)30(26,27)21-12-7-13-29-21/h3-13,19H,2,14-15H2,1H3,(H,23,25). The smallest absolute Gasteiger partial charge is 0.253 e. The fourth-order valence-electron chi connectivity index (χ4n) is 3.57. The molecule has 2 aromatic carbocycles. The first-order chi connectivity index (χ1) is 14.5. The number of para-hydroxylation sites is 2. The molecule has 0 bridgehead atoms. The Bertz CT molecular complexity index is 1140. The van der Waals surface area contributed by atoms with Crippen molar-refractivity contribution < 1.29 is 17.9 Å². The SMILES string of the molecule is CCOc1ccccc1NC(=O)C1Cc2ccccc2CN1S(=O)(=O)c1cccs1. The van der Waals surface area contributed by atoms with Crippen LogP contribution in [-0.2, 0) is 27.8 Å². The predicted octanol–water partition coefficient (Wildman–Crippen LogP) is 3.90. The number of hydrogen-bond donors (Lipinski definition) is 1. The van der Waals surface area contributed by atoms with Gasteiger partial charge in [-0.3, -0.25) is 4.79 Å². The number of carbonyl (C=O) groups excluding carboxylic acids is 1. The Labute approximate surface area is 180 Å². The molecule has 0 radical (unpaired) electrons. The van der Waals surface area contributed by atoms with Crippen LogP contribution in [0.1, 0.15) is 18.1 Å². The average molecular weight is 443 g/mol. The van der Waals surface area contributed by atoms with Gasteiger partial charge in [0.2, 0.25) is 5.91 Å². The number of amides is 1. The second-order valence-electron chi connectivity index (χ2n) is 6.89. The molecule has 4 rings (SSSR count). The molecule has 8 heteroatoms. The Morgan fingerprint density at radius 1 is 1.10 bits per heavy atom. The molecule has 1 amide bonds. The van der Waals surface area contributed by atoms with Gasteiger partial charge >= 0.3 is 0 Å². The number of rotatable bonds is 6. The van der Waals surface area contributed by atoms with E-state index in [0.717, 1.165) is 22.5 Å². The molecule has 0 spiro atoms. The van der Waals surface area contributed by atoms with Gasteiger partial charge in [-0.2, -0.15) is 4.31 Å². The van der Waals surface area contributed by atoms with Gasteiger partial charge in [0.15, 0.2) is 0 Å². The number of benzene rings is 2. The molecule has 1 aliphatic rings. The van der Waals surface area contributed by atoms with E-state index in [1.54, 1.807) is 35.7 Å². The third kappa shape index (κ3) is 3.98. The summed E-state index contributed by atoms with van der Waals surface area (Å²) in [6.07, 6.45) is 0.309. The molecule has 0 aliphatic carbocycles. The van der Waals surface area contributed by atoms with E-state index in [9.17, 15) is 13.2 Å². The van der Waals surface area contributed by atoms with Gasteiger partial charge in [0.25, 0.3) is 10.0 Å². The summed E-state index contributed by atoms with van der Waals surface area (Å²) in [4.78, 5) is 13.3. The Morgan fingerprint density at radius 2 is 1.83 bits per heavy atom. The van der Waals surface area contributed by atoms with Crippen LogP contribution in [0.4, 0.5) is 5.69 Å². The molecular formula is C22H22N2O4S2. The van der Waals surface area contributed by atoms with Crippen LogP contribution in [0.15, 0.2) is 70.3 Å². The fraction of sp³-hybridized carbons (Fsp3) is 0.227. The van der Waals surface area contributed by atoms with Gasteiger partial charge in [-0.15, -0.1) is 11.3 Å². The van der Waals surface area contributed by atoms with E-state index < -0.39 is 16.1 Å². The maximum atomic E-state index is 13.3. The van der Waals surface area contributed by atoms with E-state index in [1.807, 2.05) is 37.3 Å². The minimum absolute atomic E-state index is 0.154. The molecule has 1 atom stereocenters. The van der Waals surface area contributed by atoms with E-state index in [2.05, 4.69) is 5.32 Å². The molecule has 156 valence electrons. The summed E-state index contributed by atoms with van der Waals surface area (Å²) in [7, 11) is -3.81. The maximum absolute atomic E-state index is 13.3. The van der Waals surface area contributed by atoms with Crippen molar-refractivity contribution in [2.75, 3.05) is 11.9 Å². The lowest BCUT2D eigenvalue weighted by Crippen LogP contribution is -2.50. The lowest BCUT2D eigenvalue weighted by molar-refractivity contribution is -0.120. The summed E-state index contributed by atoms with van der Waals surface area (Å²) in [6, 6.07) is 17.2. The van der Waals surface area contributed by atoms with Crippen LogP contribution in [0, 0.1) is 0 Å². The second kappa shape index (κ2) is 8.59. The quantitative estimate of drug-likeness (QED) is 0.628. The Morgan fingerprint density at radius 3 is 2.57 bits per heavy atom. The lowest BCUT2D eigenvalue weighted by Gasteiger charge is -2.34. The molecule has 30 heavy (non-hydrogen) atoms. The molecule has 1 unspecified atom stereocenters. The number of hydrogen-bond acceptors (Lipinski definition) is 5. The third-order valence-electron chi connectivity index (χ3n) is 5.01. The van der Waals surface area contributed by atoms with Gasteiger partial charge in [0.1, 0.15) is 16.0 Å². The van der Waals surface area contributed by atoms with Crippen LogP contribution < -0.4 is 10.1 Å². The van der Waals surface area contributed by atoms with Crippen LogP contribution in [0.25, 0.3) is 0 Å². The Balaban J connectivity index is 1.69. The molecule has 0 fully saturated rings. The fourth-order valence-corrected chi connectivity index (χ4v) is 6.25. The topological polar surface area (TPSA) is 75.7 Å². The lowest BCUT2D eigenvalue weighted by atomic mass is 9.95. The van der Waals surface area contributed by atoms with Crippen molar-refractivity contribution in [3.05, 3.63) is 77.2 Å². The zero-order chi connectivity index (χ0) is 21.1. The van der Waals surface area contributed by atoms with Gasteiger partial charge in [-0.25, -0.2) is 8.42 Å². The molecule has 0 saturated heterocycles. The minimum atomic E-state index is -3.81. The van der Waals surface area contributed by atoms with Crippen LogP contribution in [-0.4, -0.2) is 31.3 Å². The molecule has 1 aliphatic heterocycles. The normalized spacial score (nSPS) is 16.6. The number of sulfonamides is 1. The van der Waals surface area contributed by atoms with Crippen molar-refractivity contribution in [3.8, 4) is 5.75 Å². The van der Waals surface area contributed by atoms with Gasteiger partial charge in [-0.1, -0.05) is 42.5 Å². The molecule has 0 saturated carbocycles. The first kappa shape index (κ1) is 20.6. The van der Waals surface area contributed by atoms with E-state index in [-0.39, 0.29) is 16.7 Å². The van der Waals surface area contributed by atoms with Crippen molar-refractivity contribution >= 4 is 33.0 Å². The number of nitrogens with zero attached hydrogens (tertiary/aromatic N) is 1. The summed E-state index contributed by atoms with van der Waals surface area (Å²) in [5.41, 5.74) is 2.42. The highest BCUT2D eigenvalue weighted by atomic mass is 32.2. The van der Waals surface area contributed by atoms with E-state index in [4.69, 9.17) is 4.74 Å². The monoisotopic (exact) mass is 442 g/mol. The van der Waals surface area contributed by atoms with Crippen LogP contribution in [0.2, 0.25) is 0 Å². The first-order valence-corrected chi connectivity index (χ1v) is 12.0. The summed E-state index contributed by atoms with van der Waals surface area (Å²) in [5, 5.41) is 4.60. The van der Waals surface area contributed by atoms with Gasteiger partial charge in [-0.05, 0) is 48.1 Å². The van der Waals surface area contributed by atoms with Crippen LogP contribution >= 0.6 is 11.3 Å². The van der Waals surface area contributed by atoms with Gasteiger partial charge in [0, 0.05) is 6.54 Å². The van der Waals surface area contributed by atoms with E-state index >= 15 is 0 Å². The summed E-state index contributed by atoms with van der Waals surface area (Å²) in [6.45, 7) is 2.48. The zero-order valence-electron chi connectivity index (χ0n) is 16.4. The summed E-state index contributed by atoms with van der Waals surface area (Å²) >= 11 is 1.15. The highest BCUT2D eigenvalue weighted by Gasteiger charge is 2.40. The summed E-state index contributed by atoms with van der Waals surface area (Å²) in [5.74, 6) is 0.175. The predicted molar refractivity (Wildman–Crippen MR) is 117 cm³/mol. The van der Waals surface area contributed by atoms with Crippen LogP contribution in [0.5, 0.6) is 5.75 Å². The Hall–Kier alpha value is -2.68. The van der Waals surface area contributed by atoms with Crippen molar-refractivity contribution in [2.24, 2.45) is 0 Å². The third-order valence-corrected chi connectivity index (χ3v) is 8.24. The van der Waals surface area contributed by atoms with Gasteiger partial charge in [0.05, 0.1) is 12.3 Å². The highest BCUT2D eigenvalue weighted by molar-refractivity contribution is 7.91. The number of fused-ring (bicyclic) bond motifs is 1. The molecular weight excluding hydrogens is 420 g/mol. The largest absolute Gasteiger partial charge is 0.492 e. The van der Waals surface area contributed by atoms with Crippen molar-refractivity contribution in [3.63, 3.8) is 0 Å². The molecule has 6 nitrogen and oxygen atoms in total. The minimum Gasteiger partial charge on any atom is -0.492 e. The number of carbonyl (C=O) groups is 1. The zero-order valence-corrected chi connectivity index (χ0v) is 18.1. The maximum Gasteiger partial charge on any atom is 0.253 e. The summed E-state index contributed by atoms with van der Waals surface area (Å²) < 4.78 is 33.8. The second-order valence-corrected chi connectivity index (χ2v) is 9.95. The number of thiophene rings is 1. The first-order valence-electron chi connectivity index (χ1n) is 9.65. The van der Waals surface area contributed by atoms with Gasteiger partial charge < -0.3 is 10.1 Å². The number of ether oxygens (including phenoxy) is 1. The number of nitrogens with one attached hydrogen (secondary N) is 1. The molecule has 3 aromatic rings. The van der Waals surface area contributed by atoms with Crippen molar-refractivity contribution in [1.29, 1.82) is 0 Å². The van der Waals surface area contributed by atoms with E-state index in [1.165, 1.54) is 4.31 Å².